The highest BCUT2D eigenvalue weighted by Gasteiger charge is 2.19. The number of anilines is 1. The van der Waals surface area contributed by atoms with Crippen LogP contribution in [0.5, 0.6) is 0 Å². The topological polar surface area (TPSA) is 150 Å². The first-order valence-electron chi connectivity index (χ1n) is 6.58. The van der Waals surface area contributed by atoms with Gasteiger partial charge in [-0.1, -0.05) is 17.7 Å². The average molecular weight is 354 g/mol. The Morgan fingerprint density at radius 1 is 1.29 bits per heavy atom. The second-order valence-corrected chi connectivity index (χ2v) is 4.89. The van der Waals surface area contributed by atoms with Crippen LogP contribution in [0.4, 0.5) is 11.5 Å². The van der Waals surface area contributed by atoms with Crippen molar-refractivity contribution in [3.63, 3.8) is 0 Å². The fraction of sp³-hybridized carbons (Fsp3) is 0.154. The first-order chi connectivity index (χ1) is 11.5. The lowest BCUT2D eigenvalue weighted by atomic mass is 10.3. The number of carbonyl (C=O) groups is 2. The number of nitrogens with zero attached hydrogens (tertiary/aromatic N) is 3. The number of aliphatic carboxylic acids is 1. The Labute approximate surface area is 140 Å². The molecule has 1 amide bonds. The predicted octanol–water partition coefficient (Wildman–Crippen LogP) is 1.58. The van der Waals surface area contributed by atoms with Crippen LogP contribution in [0.2, 0.25) is 5.02 Å². The van der Waals surface area contributed by atoms with Gasteiger partial charge < -0.3 is 10.4 Å². The first kappa shape index (κ1) is 17.4. The highest BCUT2D eigenvalue weighted by Crippen LogP contribution is 2.20. The van der Waals surface area contributed by atoms with Gasteiger partial charge >= 0.3 is 5.97 Å². The van der Waals surface area contributed by atoms with Crippen LogP contribution in [-0.4, -0.2) is 38.3 Å². The van der Waals surface area contributed by atoms with Crippen molar-refractivity contribution >= 4 is 40.8 Å². The number of amidine groups is 1. The molecule has 0 aliphatic rings. The van der Waals surface area contributed by atoms with Crippen molar-refractivity contribution in [3.05, 3.63) is 35.0 Å². The van der Waals surface area contributed by atoms with Crippen molar-refractivity contribution in [3.8, 4) is 0 Å². The van der Waals surface area contributed by atoms with Gasteiger partial charge in [0.25, 0.3) is 0 Å². The molecule has 1 aromatic carbocycles. The van der Waals surface area contributed by atoms with Crippen LogP contribution in [0.15, 0.2) is 33.9 Å². The third-order valence-corrected chi connectivity index (χ3v) is 2.93. The zero-order valence-corrected chi connectivity index (χ0v) is 12.8. The number of nitrogens with one attached hydrogen (secondary N) is 2. The summed E-state index contributed by atoms with van der Waals surface area (Å²) in [5.41, 5.74) is 2.17. The summed E-state index contributed by atoms with van der Waals surface area (Å²) in [4.78, 5) is 26.2. The predicted molar refractivity (Wildman–Crippen MR) is 82.4 cm³/mol. The molecular weight excluding hydrogens is 342 g/mol. The number of amides is 1. The van der Waals surface area contributed by atoms with Gasteiger partial charge in [-0.2, -0.15) is 0 Å². The van der Waals surface area contributed by atoms with Crippen molar-refractivity contribution < 1.29 is 24.5 Å². The van der Waals surface area contributed by atoms with Crippen molar-refractivity contribution in [1.82, 2.24) is 15.8 Å². The van der Waals surface area contributed by atoms with Gasteiger partial charge in [0.15, 0.2) is 11.5 Å². The molecule has 2 rings (SSSR count). The van der Waals surface area contributed by atoms with E-state index >= 15 is 0 Å². The van der Waals surface area contributed by atoms with Crippen LogP contribution in [-0.2, 0) is 9.59 Å². The number of halogens is 1. The number of hydrogen-bond acceptors (Lipinski definition) is 7. The van der Waals surface area contributed by atoms with E-state index in [2.05, 4.69) is 25.3 Å². The maximum atomic E-state index is 11.7. The molecule has 126 valence electrons. The third-order valence-electron chi connectivity index (χ3n) is 2.69. The lowest BCUT2D eigenvalue weighted by molar-refractivity contribution is -0.138. The minimum Gasteiger partial charge on any atom is -0.481 e. The molecule has 11 heteroatoms. The summed E-state index contributed by atoms with van der Waals surface area (Å²) < 4.78 is 4.53. The quantitative estimate of drug-likeness (QED) is 0.347. The molecule has 0 saturated heterocycles. The van der Waals surface area contributed by atoms with Gasteiger partial charge in [-0.05, 0) is 28.5 Å². The van der Waals surface area contributed by atoms with E-state index in [9.17, 15) is 14.8 Å². The summed E-state index contributed by atoms with van der Waals surface area (Å²) >= 11 is 5.85. The molecule has 24 heavy (non-hydrogen) atoms. The maximum Gasteiger partial charge on any atom is 0.303 e. The standard InChI is InChI=1S/C13H12ClN5O5/c14-7-2-1-3-8(6-7)15-12(17-23)11-13(19-24-18-11)16-9(20)4-5-10(21)22/h1-3,6,23H,4-5H2,(H,15,17)(H,21,22)(H,16,19,20). The Kier molecular flexibility index (Phi) is 5.82. The number of carboxylic acids is 1. The molecule has 0 spiro atoms. The molecule has 1 heterocycles. The van der Waals surface area contributed by atoms with Crippen LogP contribution in [0.1, 0.15) is 18.5 Å². The molecule has 4 N–H and O–H groups in total. The molecule has 0 radical (unpaired) electrons. The van der Waals surface area contributed by atoms with Crippen molar-refractivity contribution in [2.24, 2.45) is 4.99 Å². The van der Waals surface area contributed by atoms with E-state index in [1.165, 1.54) is 6.07 Å². The fourth-order valence-corrected chi connectivity index (χ4v) is 1.83. The lowest BCUT2D eigenvalue weighted by Gasteiger charge is -2.04. The van der Waals surface area contributed by atoms with E-state index in [4.69, 9.17) is 16.7 Å². The number of benzene rings is 1. The average Bonchev–Trinajstić information content (AvgIpc) is 2.98. The van der Waals surface area contributed by atoms with E-state index in [0.717, 1.165) is 0 Å². The van der Waals surface area contributed by atoms with E-state index in [-0.39, 0.29) is 30.2 Å². The zero-order chi connectivity index (χ0) is 17.5. The Balaban J connectivity index is 2.20. The zero-order valence-electron chi connectivity index (χ0n) is 12.1. The number of aliphatic imine (C=N–C) groups is 1. The molecule has 0 aliphatic carbocycles. The smallest absolute Gasteiger partial charge is 0.303 e. The maximum absolute atomic E-state index is 11.7. The van der Waals surface area contributed by atoms with Crippen LogP contribution >= 0.6 is 11.6 Å². The molecule has 0 aliphatic heterocycles. The van der Waals surface area contributed by atoms with Crippen LogP contribution in [0.3, 0.4) is 0 Å². The minimum absolute atomic E-state index is 0.0684. The summed E-state index contributed by atoms with van der Waals surface area (Å²) in [6.07, 6.45) is -0.594. The molecule has 0 unspecified atom stereocenters. The summed E-state index contributed by atoms with van der Waals surface area (Å²) in [6, 6.07) is 6.48. The fourth-order valence-electron chi connectivity index (χ4n) is 1.65. The van der Waals surface area contributed by atoms with E-state index < -0.39 is 11.9 Å². The summed E-state index contributed by atoms with van der Waals surface area (Å²) in [5, 5.41) is 27.6. The second-order valence-electron chi connectivity index (χ2n) is 4.46. The highest BCUT2D eigenvalue weighted by molar-refractivity contribution is 6.30. The Hall–Kier alpha value is -2.98. The van der Waals surface area contributed by atoms with Crippen molar-refractivity contribution in [2.75, 3.05) is 5.32 Å². The molecule has 10 nitrogen and oxygen atoms in total. The summed E-state index contributed by atoms with van der Waals surface area (Å²) in [6.45, 7) is 0. The molecule has 0 saturated carbocycles. The Morgan fingerprint density at radius 2 is 2.08 bits per heavy atom. The Morgan fingerprint density at radius 3 is 2.75 bits per heavy atom. The van der Waals surface area contributed by atoms with Crippen molar-refractivity contribution in [1.29, 1.82) is 0 Å². The normalized spacial score (nSPS) is 11.2. The minimum atomic E-state index is -1.11. The molecule has 1 aromatic heterocycles. The van der Waals surface area contributed by atoms with Gasteiger partial charge in [-0.15, -0.1) is 0 Å². The molecule has 0 fully saturated rings. The second kappa shape index (κ2) is 8.04. The van der Waals surface area contributed by atoms with Gasteiger partial charge in [0, 0.05) is 11.4 Å². The van der Waals surface area contributed by atoms with Gasteiger partial charge in [-0.25, -0.2) is 9.62 Å². The van der Waals surface area contributed by atoms with E-state index in [0.29, 0.717) is 10.7 Å². The largest absolute Gasteiger partial charge is 0.481 e. The van der Waals surface area contributed by atoms with Crippen LogP contribution in [0, 0.1) is 0 Å². The highest BCUT2D eigenvalue weighted by atomic mass is 35.5. The first-order valence-corrected chi connectivity index (χ1v) is 6.96. The van der Waals surface area contributed by atoms with Crippen LogP contribution < -0.4 is 10.8 Å². The van der Waals surface area contributed by atoms with Gasteiger partial charge in [0.05, 0.1) is 12.1 Å². The monoisotopic (exact) mass is 353 g/mol. The van der Waals surface area contributed by atoms with Crippen LogP contribution in [0.25, 0.3) is 0 Å². The number of rotatable bonds is 6. The molecule has 0 bridgehead atoms. The number of carboxylic acid groups (broad SMARTS) is 1. The van der Waals surface area contributed by atoms with Gasteiger partial charge in [0.1, 0.15) is 0 Å². The van der Waals surface area contributed by atoms with Gasteiger partial charge in [0.2, 0.25) is 11.7 Å². The number of hydroxylamine groups is 1. The van der Waals surface area contributed by atoms with Gasteiger partial charge in [-0.3, -0.25) is 20.3 Å². The lowest BCUT2D eigenvalue weighted by Crippen LogP contribution is -2.23. The SMILES string of the molecule is O=C(O)CCC(=O)Nc1nonc1C(=Nc1cccc(Cl)c1)NO. The number of hydrogen-bond donors (Lipinski definition) is 4. The van der Waals surface area contributed by atoms with E-state index in [1.54, 1.807) is 18.2 Å². The molecule has 2 aromatic rings. The number of aromatic nitrogens is 2. The summed E-state index contributed by atoms with van der Waals surface area (Å²) in [7, 11) is 0. The molecular formula is C13H12ClN5O5. The number of carbonyl (C=O) groups excluding carboxylic acids is 1. The summed E-state index contributed by atoms with van der Waals surface area (Å²) in [5.74, 6) is -1.97. The molecule has 0 atom stereocenters. The van der Waals surface area contributed by atoms with Crippen molar-refractivity contribution in [2.45, 2.75) is 12.8 Å². The Bertz CT molecular complexity index is 776. The third kappa shape index (κ3) is 4.76. The van der Waals surface area contributed by atoms with E-state index in [1.807, 2.05) is 5.48 Å².